The molecule has 9 nitrogen and oxygen atoms in total. The van der Waals surface area contributed by atoms with E-state index < -0.39 is 6.17 Å². The van der Waals surface area contributed by atoms with Gasteiger partial charge in [0.05, 0.1) is 34.2 Å². The summed E-state index contributed by atoms with van der Waals surface area (Å²) in [7, 11) is 1.93. The number of halogens is 2. The Kier molecular flexibility index (Phi) is 6.64. The quantitative estimate of drug-likeness (QED) is 0.370. The van der Waals surface area contributed by atoms with Crippen molar-refractivity contribution >= 4 is 39.2 Å². The van der Waals surface area contributed by atoms with Gasteiger partial charge in [-0.3, -0.25) is 10.00 Å². The Balaban J connectivity index is 1.42. The molecule has 2 N–H and O–H groups in total. The summed E-state index contributed by atoms with van der Waals surface area (Å²) in [6.07, 6.45) is 3.22. The number of aromatic amines is 1. The zero-order valence-corrected chi connectivity index (χ0v) is 23.5. The highest BCUT2D eigenvalue weighted by Gasteiger charge is 2.31. The molecule has 2 aromatic heterocycles. The van der Waals surface area contributed by atoms with Crippen molar-refractivity contribution in [3.05, 3.63) is 34.5 Å². The van der Waals surface area contributed by atoms with Crippen LogP contribution in [0.1, 0.15) is 24.0 Å². The number of hydrogen-bond donors (Lipinski definition) is 2. The van der Waals surface area contributed by atoms with Gasteiger partial charge in [-0.05, 0) is 56.5 Å². The third kappa shape index (κ3) is 4.42. The Hall–Kier alpha value is -3.21. The number of aromatic nitrogens is 4. The molecule has 0 aliphatic carbocycles. The Bertz CT molecular complexity index is 1590. The van der Waals surface area contributed by atoms with E-state index in [1.54, 1.807) is 0 Å². The highest BCUT2D eigenvalue weighted by atomic mass is 35.5. The third-order valence-corrected chi connectivity index (χ3v) is 8.90. The molecule has 2 atom stereocenters. The number of aryl methyl sites for hydroxylation is 1. The van der Waals surface area contributed by atoms with Gasteiger partial charge in [-0.15, -0.1) is 0 Å². The molecular weight excluding hydrogens is 533 g/mol. The molecule has 3 aliphatic rings. The van der Waals surface area contributed by atoms with Crippen LogP contribution in [-0.2, 0) is 6.42 Å². The number of benzene rings is 2. The van der Waals surface area contributed by atoms with Crippen LogP contribution in [0.15, 0.2) is 18.3 Å². The topological polar surface area (TPSA) is 91.4 Å². The summed E-state index contributed by atoms with van der Waals surface area (Å²) in [4.78, 5) is 14.1. The van der Waals surface area contributed by atoms with E-state index >= 15 is 0 Å². The molecule has 11 heteroatoms. The van der Waals surface area contributed by atoms with Crippen LogP contribution in [-0.4, -0.2) is 90.3 Å². The fourth-order valence-corrected chi connectivity index (χ4v) is 6.59. The first-order valence-corrected chi connectivity index (χ1v) is 14.4. The summed E-state index contributed by atoms with van der Waals surface area (Å²) >= 11 is 7.00. The van der Waals surface area contributed by atoms with E-state index in [1.165, 1.54) is 0 Å². The summed E-state index contributed by atoms with van der Waals surface area (Å²) in [5.74, 6) is 1.64. The highest BCUT2D eigenvalue weighted by Crippen LogP contribution is 2.47. The molecule has 0 unspecified atom stereocenters. The molecule has 210 valence electrons. The van der Waals surface area contributed by atoms with Crippen LogP contribution < -0.4 is 19.7 Å². The lowest BCUT2D eigenvalue weighted by Gasteiger charge is -2.31. The van der Waals surface area contributed by atoms with Gasteiger partial charge in [0.15, 0.2) is 0 Å². The van der Waals surface area contributed by atoms with E-state index in [4.69, 9.17) is 31.0 Å². The summed E-state index contributed by atoms with van der Waals surface area (Å²) in [6, 6.07) is 4.41. The van der Waals surface area contributed by atoms with Crippen molar-refractivity contribution < 1.29 is 13.9 Å². The summed E-state index contributed by atoms with van der Waals surface area (Å²) < 4.78 is 26.6. The van der Waals surface area contributed by atoms with Crippen molar-refractivity contribution in [3.63, 3.8) is 0 Å². The number of hydrogen-bond acceptors (Lipinski definition) is 8. The average Bonchev–Trinajstić information content (AvgIpc) is 3.56. The molecule has 0 saturated carbocycles. The molecule has 4 aromatic rings. The number of nitrogens with one attached hydrogen (secondary N) is 2. The van der Waals surface area contributed by atoms with Crippen molar-refractivity contribution in [1.82, 2.24) is 30.4 Å². The molecule has 7 rings (SSSR count). The van der Waals surface area contributed by atoms with E-state index in [0.717, 1.165) is 94.6 Å². The van der Waals surface area contributed by atoms with Crippen LogP contribution in [0, 0.1) is 6.92 Å². The number of likely N-dealkylation sites (N-methyl/N-ethyl adjacent to an activating group) is 1. The van der Waals surface area contributed by atoms with Crippen LogP contribution in [0.4, 0.5) is 10.2 Å². The zero-order valence-electron chi connectivity index (χ0n) is 22.8. The number of nitrogens with zero attached hydrogens (tertiary/aromatic N) is 5. The van der Waals surface area contributed by atoms with E-state index in [9.17, 15) is 4.39 Å². The molecule has 2 saturated heterocycles. The lowest BCUT2D eigenvalue weighted by molar-refractivity contribution is 0.188. The molecule has 2 fully saturated rings. The van der Waals surface area contributed by atoms with Gasteiger partial charge in [-0.25, -0.2) is 4.39 Å². The molecule has 0 radical (unpaired) electrons. The monoisotopic (exact) mass is 565 g/mol. The predicted octanol–water partition coefficient (Wildman–Crippen LogP) is 4.29. The van der Waals surface area contributed by atoms with E-state index in [1.807, 2.05) is 31.1 Å². The highest BCUT2D eigenvalue weighted by molar-refractivity contribution is 6.36. The zero-order chi connectivity index (χ0) is 27.4. The van der Waals surface area contributed by atoms with Crippen LogP contribution in [0.3, 0.4) is 0 Å². The fourth-order valence-electron chi connectivity index (χ4n) is 6.33. The van der Waals surface area contributed by atoms with Crippen molar-refractivity contribution in [2.75, 3.05) is 57.9 Å². The first-order chi connectivity index (χ1) is 19.5. The summed E-state index contributed by atoms with van der Waals surface area (Å²) in [5, 5.41) is 13.4. The Morgan fingerprint density at radius 3 is 2.88 bits per heavy atom. The van der Waals surface area contributed by atoms with Gasteiger partial charge in [-0.1, -0.05) is 11.6 Å². The van der Waals surface area contributed by atoms with Crippen LogP contribution >= 0.6 is 11.6 Å². The van der Waals surface area contributed by atoms with E-state index in [-0.39, 0.29) is 6.04 Å². The minimum Gasteiger partial charge on any atom is -0.492 e. The van der Waals surface area contributed by atoms with Gasteiger partial charge in [0.1, 0.15) is 24.3 Å². The molecular formula is C29H33ClFN7O2. The number of likely N-dealkylation sites (tertiary alicyclic amines) is 1. The molecule has 3 aliphatic heterocycles. The number of rotatable bonds is 5. The second-order valence-electron chi connectivity index (χ2n) is 11.1. The van der Waals surface area contributed by atoms with E-state index in [0.29, 0.717) is 37.2 Å². The van der Waals surface area contributed by atoms with Gasteiger partial charge in [0, 0.05) is 55.3 Å². The maximum Gasteiger partial charge on any atom is 0.319 e. The lowest BCUT2D eigenvalue weighted by Crippen LogP contribution is -2.44. The number of H-pyrrole nitrogens is 1. The number of fused-ring (bicyclic) bond motifs is 4. The van der Waals surface area contributed by atoms with Gasteiger partial charge in [0.25, 0.3) is 0 Å². The second kappa shape index (κ2) is 10.3. The molecule has 0 spiro atoms. The van der Waals surface area contributed by atoms with Crippen molar-refractivity contribution in [3.8, 4) is 22.9 Å². The minimum absolute atomic E-state index is 0.0140. The summed E-state index contributed by atoms with van der Waals surface area (Å²) in [5.41, 5.74) is 5.69. The Labute approximate surface area is 237 Å². The van der Waals surface area contributed by atoms with Crippen LogP contribution in [0.25, 0.3) is 32.9 Å². The normalized spacial score (nSPS) is 21.6. The second-order valence-corrected chi connectivity index (χ2v) is 11.5. The Morgan fingerprint density at radius 1 is 1.23 bits per heavy atom. The first kappa shape index (κ1) is 25.7. The molecule has 2 aromatic carbocycles. The van der Waals surface area contributed by atoms with Gasteiger partial charge >= 0.3 is 6.01 Å². The van der Waals surface area contributed by atoms with Crippen molar-refractivity contribution in [1.29, 1.82) is 0 Å². The average molecular weight is 566 g/mol. The smallest absolute Gasteiger partial charge is 0.319 e. The van der Waals surface area contributed by atoms with Crippen LogP contribution in [0.5, 0.6) is 11.8 Å². The first-order valence-electron chi connectivity index (χ1n) is 14.0. The molecule has 5 heterocycles. The lowest BCUT2D eigenvalue weighted by atomic mass is 9.90. The number of ether oxygens (including phenoxy) is 2. The SMILES string of the molecule is Cc1cc2[nH]ncc2c(-c2cc3nc(OC[C@@H]4C[C@@H](F)CN4C)nc(N4CCNCC4)c3c3c2CCCO3)c1Cl. The summed E-state index contributed by atoms with van der Waals surface area (Å²) in [6.45, 7) is 6.76. The number of piperazine rings is 1. The van der Waals surface area contributed by atoms with Gasteiger partial charge < -0.3 is 19.7 Å². The fraction of sp³-hybridized carbons (Fsp3) is 0.483. The molecule has 40 heavy (non-hydrogen) atoms. The largest absolute Gasteiger partial charge is 0.492 e. The van der Waals surface area contributed by atoms with Crippen LogP contribution in [0.2, 0.25) is 5.02 Å². The maximum atomic E-state index is 14.0. The standard InChI is InChI=1S/C29H33ClFN7O2/c1-16-10-22-21(13-33-36-22)24(26(16)30)20-12-23-25(27-19(20)4-3-9-39-27)28(38-7-5-32-6-8-38)35-29(34-23)40-15-18-11-17(31)14-37(18)2/h10,12-13,17-18,32H,3-9,11,14-15H2,1-2H3,(H,33,36)/t17-,18+/m1/s1. The molecule has 0 amide bonds. The maximum absolute atomic E-state index is 14.0. The molecule has 0 bridgehead atoms. The van der Waals surface area contributed by atoms with Gasteiger partial charge in [0.2, 0.25) is 0 Å². The van der Waals surface area contributed by atoms with Gasteiger partial charge in [-0.2, -0.15) is 15.1 Å². The minimum atomic E-state index is -0.836. The predicted molar refractivity (Wildman–Crippen MR) is 155 cm³/mol. The van der Waals surface area contributed by atoms with Crippen molar-refractivity contribution in [2.24, 2.45) is 0 Å². The van der Waals surface area contributed by atoms with Crippen molar-refractivity contribution in [2.45, 2.75) is 38.4 Å². The third-order valence-electron chi connectivity index (χ3n) is 8.41. The number of alkyl halides is 1. The van der Waals surface area contributed by atoms with E-state index in [2.05, 4.69) is 26.5 Å². The number of anilines is 1. The Morgan fingerprint density at radius 2 is 2.08 bits per heavy atom.